The Morgan fingerprint density at radius 1 is 1.05 bits per heavy atom. The molecule has 3 nitrogen and oxygen atoms in total. The van der Waals surface area contributed by atoms with Crippen molar-refractivity contribution in [1.82, 2.24) is 4.98 Å². The number of fused-ring (bicyclic) bond motifs is 1. The maximum atomic E-state index is 6.27. The van der Waals surface area contributed by atoms with E-state index < -0.39 is 0 Å². The second-order valence-corrected chi connectivity index (χ2v) is 5.01. The molecule has 0 unspecified atom stereocenters. The predicted molar refractivity (Wildman–Crippen MR) is 84.7 cm³/mol. The van der Waals surface area contributed by atoms with Crippen LogP contribution in [0, 0.1) is 6.92 Å². The van der Waals surface area contributed by atoms with E-state index in [1.165, 1.54) is 0 Å². The zero-order valence-electron chi connectivity index (χ0n) is 11.0. The molecule has 3 rings (SSSR count). The number of nitrogens with zero attached hydrogens (tertiary/aromatic N) is 1. The van der Waals surface area contributed by atoms with Crippen molar-refractivity contribution < 1.29 is 0 Å². The largest absolute Gasteiger partial charge is 0.323 e. The van der Waals surface area contributed by atoms with Gasteiger partial charge in [0.2, 0.25) is 0 Å². The molecule has 0 fully saturated rings. The molecule has 2 aromatic carbocycles. The average Bonchev–Trinajstić information content (AvgIpc) is 2.48. The summed E-state index contributed by atoms with van der Waals surface area (Å²) in [4.78, 5) is 4.73. The van der Waals surface area contributed by atoms with E-state index in [9.17, 15) is 0 Å². The zero-order chi connectivity index (χ0) is 14.1. The van der Waals surface area contributed by atoms with Crippen molar-refractivity contribution in [3.63, 3.8) is 0 Å². The normalized spacial score (nSPS) is 10.8. The molecular weight excluding hydrogens is 270 g/mol. The Balaban J connectivity index is 2.40. The number of hydrogen-bond donors (Lipinski definition) is 2. The first-order valence-corrected chi connectivity index (χ1v) is 6.71. The smallest absolute Gasteiger partial charge is 0.0917 e. The molecule has 0 radical (unpaired) electrons. The number of nitrogens with one attached hydrogen (secondary N) is 1. The lowest BCUT2D eigenvalue weighted by molar-refractivity contribution is 1.28. The Hall–Kier alpha value is -2.10. The molecule has 100 valence electrons. The van der Waals surface area contributed by atoms with E-state index in [4.69, 9.17) is 22.4 Å². The zero-order valence-corrected chi connectivity index (χ0v) is 11.8. The van der Waals surface area contributed by atoms with Gasteiger partial charge >= 0.3 is 0 Å². The molecule has 3 N–H and O–H groups in total. The van der Waals surface area contributed by atoms with Gasteiger partial charge in [-0.05, 0) is 13.0 Å². The number of rotatable bonds is 2. The van der Waals surface area contributed by atoms with Gasteiger partial charge in [0.15, 0.2) is 0 Å². The van der Waals surface area contributed by atoms with E-state index >= 15 is 0 Å². The summed E-state index contributed by atoms with van der Waals surface area (Å²) < 4.78 is 0. The van der Waals surface area contributed by atoms with Crippen molar-refractivity contribution in [3.8, 4) is 11.3 Å². The van der Waals surface area contributed by atoms with Crippen LogP contribution in [-0.4, -0.2) is 4.98 Å². The number of pyridine rings is 1. The highest BCUT2D eigenvalue weighted by molar-refractivity contribution is 6.35. The first-order chi connectivity index (χ1) is 9.72. The van der Waals surface area contributed by atoms with Gasteiger partial charge in [0.25, 0.3) is 0 Å². The summed E-state index contributed by atoms with van der Waals surface area (Å²) in [6.45, 7) is 2.00. The van der Waals surface area contributed by atoms with Crippen molar-refractivity contribution in [2.45, 2.75) is 6.92 Å². The van der Waals surface area contributed by atoms with Crippen LogP contribution in [0.5, 0.6) is 0 Å². The van der Waals surface area contributed by atoms with Gasteiger partial charge in [0.1, 0.15) is 0 Å². The molecule has 0 amide bonds. The molecule has 0 aliphatic rings. The van der Waals surface area contributed by atoms with Crippen LogP contribution in [-0.2, 0) is 0 Å². The van der Waals surface area contributed by atoms with Crippen molar-refractivity contribution in [1.29, 1.82) is 0 Å². The molecule has 0 bridgehead atoms. The Labute approximate surface area is 122 Å². The molecule has 1 heterocycles. The number of para-hydroxylation sites is 1. The Kier molecular flexibility index (Phi) is 3.30. The number of aromatic nitrogens is 1. The molecule has 4 heteroatoms. The second kappa shape index (κ2) is 5.12. The van der Waals surface area contributed by atoms with E-state index in [-0.39, 0.29) is 0 Å². The Morgan fingerprint density at radius 2 is 1.80 bits per heavy atom. The molecule has 0 aliphatic heterocycles. The highest BCUT2D eigenvalue weighted by atomic mass is 35.5. The maximum Gasteiger partial charge on any atom is 0.0917 e. The molecular formula is C16H14ClN3. The minimum Gasteiger partial charge on any atom is -0.323 e. The number of hydrogen-bond acceptors (Lipinski definition) is 3. The van der Waals surface area contributed by atoms with Crippen molar-refractivity contribution in [3.05, 3.63) is 59.1 Å². The van der Waals surface area contributed by atoms with Gasteiger partial charge in [0, 0.05) is 16.5 Å². The van der Waals surface area contributed by atoms with Gasteiger partial charge in [-0.1, -0.05) is 54.1 Å². The van der Waals surface area contributed by atoms with Gasteiger partial charge in [-0.3, -0.25) is 5.84 Å². The van der Waals surface area contributed by atoms with Gasteiger partial charge in [-0.15, -0.1) is 0 Å². The van der Waals surface area contributed by atoms with Gasteiger partial charge < -0.3 is 5.43 Å². The quantitative estimate of drug-likeness (QED) is 0.549. The fourth-order valence-electron chi connectivity index (χ4n) is 2.41. The van der Waals surface area contributed by atoms with E-state index in [2.05, 4.69) is 5.43 Å². The van der Waals surface area contributed by atoms with Crippen molar-refractivity contribution in [2.75, 3.05) is 5.43 Å². The molecule has 0 atom stereocenters. The second-order valence-electron chi connectivity index (χ2n) is 4.61. The molecule has 0 spiro atoms. The van der Waals surface area contributed by atoms with E-state index in [1.54, 1.807) is 0 Å². The lowest BCUT2D eigenvalue weighted by Gasteiger charge is -2.14. The van der Waals surface area contributed by atoms with Crippen LogP contribution in [0.2, 0.25) is 5.02 Å². The van der Waals surface area contributed by atoms with Crippen LogP contribution >= 0.6 is 11.6 Å². The van der Waals surface area contributed by atoms with Gasteiger partial charge in [-0.25, -0.2) is 4.98 Å². The SMILES string of the molecule is Cc1c(-c2ccccc2)nc2c(Cl)cccc2c1NN. The summed E-state index contributed by atoms with van der Waals surface area (Å²) in [5.41, 5.74) is 7.33. The number of benzene rings is 2. The summed E-state index contributed by atoms with van der Waals surface area (Å²) in [5, 5.41) is 1.55. The van der Waals surface area contributed by atoms with Crippen molar-refractivity contribution >= 4 is 28.2 Å². The monoisotopic (exact) mass is 283 g/mol. The lowest BCUT2D eigenvalue weighted by Crippen LogP contribution is -2.10. The van der Waals surface area contributed by atoms with Crippen LogP contribution in [0.15, 0.2) is 48.5 Å². The van der Waals surface area contributed by atoms with Crippen molar-refractivity contribution in [2.24, 2.45) is 5.84 Å². The summed E-state index contributed by atoms with van der Waals surface area (Å²) >= 11 is 6.27. The number of halogens is 1. The number of anilines is 1. The Bertz CT molecular complexity index is 770. The van der Waals surface area contributed by atoms with Gasteiger partial charge in [0.05, 0.1) is 21.9 Å². The highest BCUT2D eigenvalue weighted by Crippen LogP contribution is 2.35. The third kappa shape index (κ3) is 2.01. The average molecular weight is 284 g/mol. The molecule has 3 aromatic rings. The third-order valence-corrected chi connectivity index (χ3v) is 3.71. The third-order valence-electron chi connectivity index (χ3n) is 3.40. The molecule has 0 saturated carbocycles. The summed E-state index contributed by atoms with van der Waals surface area (Å²) in [7, 11) is 0. The molecule has 0 saturated heterocycles. The fraction of sp³-hybridized carbons (Fsp3) is 0.0625. The van der Waals surface area contributed by atoms with Crippen LogP contribution < -0.4 is 11.3 Å². The summed E-state index contributed by atoms with van der Waals surface area (Å²) in [5.74, 6) is 5.69. The van der Waals surface area contributed by atoms with Gasteiger partial charge in [-0.2, -0.15) is 0 Å². The lowest BCUT2D eigenvalue weighted by atomic mass is 10.0. The van der Waals surface area contributed by atoms with Crippen LogP contribution in [0.1, 0.15) is 5.56 Å². The minimum absolute atomic E-state index is 0.621. The van der Waals surface area contributed by atoms with E-state index in [1.807, 2.05) is 55.5 Å². The standard InChI is InChI=1S/C16H14ClN3/c1-10-14(11-6-3-2-4-7-11)19-16-12(15(10)20-18)8-5-9-13(16)17/h2-9H,18H2,1H3,(H,19,20). The first kappa shape index (κ1) is 12.9. The summed E-state index contributed by atoms with van der Waals surface area (Å²) in [6, 6.07) is 15.7. The number of hydrazine groups is 1. The van der Waals surface area contributed by atoms with E-state index in [0.29, 0.717) is 5.02 Å². The Morgan fingerprint density at radius 3 is 2.50 bits per heavy atom. The minimum atomic E-state index is 0.621. The first-order valence-electron chi connectivity index (χ1n) is 6.33. The summed E-state index contributed by atoms with van der Waals surface area (Å²) in [6.07, 6.45) is 0. The van der Waals surface area contributed by atoms with Crippen LogP contribution in [0.25, 0.3) is 22.2 Å². The van der Waals surface area contributed by atoms with E-state index in [0.717, 1.165) is 33.4 Å². The molecule has 0 aliphatic carbocycles. The highest BCUT2D eigenvalue weighted by Gasteiger charge is 2.13. The predicted octanol–water partition coefficient (Wildman–Crippen LogP) is 4.15. The number of nitrogens with two attached hydrogens (primary N) is 1. The molecule has 1 aromatic heterocycles. The van der Waals surface area contributed by atoms with Crippen LogP contribution in [0.3, 0.4) is 0 Å². The topological polar surface area (TPSA) is 50.9 Å². The fourth-order valence-corrected chi connectivity index (χ4v) is 2.63. The maximum absolute atomic E-state index is 6.27. The molecule has 20 heavy (non-hydrogen) atoms. The number of nitrogen functional groups attached to an aromatic ring is 1. The van der Waals surface area contributed by atoms with Crippen LogP contribution in [0.4, 0.5) is 5.69 Å².